The third kappa shape index (κ3) is 2.10. The topological polar surface area (TPSA) is 57.8 Å². The van der Waals surface area contributed by atoms with Crippen LogP contribution in [-0.4, -0.2) is 10.2 Å². The number of phenolic OH excluding ortho intramolecular Hbond substituents is 1. The highest BCUT2D eigenvalue weighted by molar-refractivity contribution is 8.15. The third-order valence-electron chi connectivity index (χ3n) is 3.02. The smallest absolute Gasteiger partial charge is 0.160 e. The van der Waals surface area contributed by atoms with Crippen molar-refractivity contribution < 1.29 is 9.52 Å². The molecule has 0 bridgehead atoms. The van der Waals surface area contributed by atoms with E-state index in [2.05, 4.69) is 10.5 Å². The van der Waals surface area contributed by atoms with Crippen LogP contribution in [0.15, 0.2) is 45.9 Å². The molecule has 0 aliphatic carbocycles. The molecule has 2 aromatic rings. The van der Waals surface area contributed by atoms with Crippen LogP contribution in [0.2, 0.25) is 0 Å². The van der Waals surface area contributed by atoms with E-state index in [1.807, 2.05) is 38.1 Å². The molecule has 2 heterocycles. The number of para-hydroxylation sites is 1. The number of aromatic hydroxyl groups is 1. The van der Waals surface area contributed by atoms with E-state index in [-0.39, 0.29) is 5.75 Å². The molecule has 5 heteroatoms. The van der Waals surface area contributed by atoms with E-state index < -0.39 is 4.87 Å². The van der Waals surface area contributed by atoms with Crippen LogP contribution in [0.25, 0.3) is 0 Å². The standard InChI is InChI=1S/C14H14N2O2S/c1-9-7-8-12(18-9)14(2)16-15-13(19-14)10-5-3-4-6-11(10)17/h3-8,16-17H,1-2H3/t14-/m0/s1. The molecule has 1 aromatic carbocycles. The Hall–Kier alpha value is -1.88. The second-order valence-electron chi connectivity index (χ2n) is 4.59. The fourth-order valence-corrected chi connectivity index (χ4v) is 3.02. The molecule has 0 fully saturated rings. The van der Waals surface area contributed by atoms with Crippen molar-refractivity contribution in [2.24, 2.45) is 5.10 Å². The van der Waals surface area contributed by atoms with Crippen molar-refractivity contribution in [3.05, 3.63) is 53.5 Å². The van der Waals surface area contributed by atoms with E-state index in [1.165, 1.54) is 11.8 Å². The maximum Gasteiger partial charge on any atom is 0.160 e. The van der Waals surface area contributed by atoms with Crippen LogP contribution in [0.4, 0.5) is 0 Å². The van der Waals surface area contributed by atoms with Gasteiger partial charge in [-0.25, -0.2) is 0 Å². The van der Waals surface area contributed by atoms with Gasteiger partial charge in [0.15, 0.2) is 4.87 Å². The van der Waals surface area contributed by atoms with Gasteiger partial charge in [-0.05, 0) is 38.1 Å². The number of thioether (sulfide) groups is 1. The Morgan fingerprint density at radius 2 is 2.05 bits per heavy atom. The van der Waals surface area contributed by atoms with E-state index >= 15 is 0 Å². The third-order valence-corrected chi connectivity index (χ3v) is 4.22. The number of hydrogen-bond acceptors (Lipinski definition) is 5. The first-order valence-electron chi connectivity index (χ1n) is 5.98. The summed E-state index contributed by atoms with van der Waals surface area (Å²) in [5, 5.41) is 14.9. The second-order valence-corrected chi connectivity index (χ2v) is 6.00. The molecule has 0 saturated heterocycles. The van der Waals surface area contributed by atoms with Gasteiger partial charge in [0.1, 0.15) is 22.3 Å². The van der Waals surface area contributed by atoms with Crippen LogP contribution in [0, 0.1) is 6.92 Å². The molecule has 1 aliphatic heterocycles. The van der Waals surface area contributed by atoms with Crippen LogP contribution in [0.1, 0.15) is 24.0 Å². The van der Waals surface area contributed by atoms with Gasteiger partial charge in [-0.2, -0.15) is 5.10 Å². The van der Waals surface area contributed by atoms with Crippen molar-refractivity contribution in [1.29, 1.82) is 0 Å². The summed E-state index contributed by atoms with van der Waals surface area (Å²) in [6.07, 6.45) is 0. The number of rotatable bonds is 2. The number of nitrogens with one attached hydrogen (secondary N) is 1. The zero-order chi connectivity index (χ0) is 13.5. The normalized spacial score (nSPS) is 22.1. The van der Waals surface area contributed by atoms with Crippen LogP contribution >= 0.6 is 11.8 Å². The predicted molar refractivity (Wildman–Crippen MR) is 76.2 cm³/mol. The van der Waals surface area contributed by atoms with Crippen LogP contribution in [0.5, 0.6) is 5.75 Å². The first-order chi connectivity index (χ1) is 9.08. The zero-order valence-corrected chi connectivity index (χ0v) is 11.5. The first-order valence-corrected chi connectivity index (χ1v) is 6.79. The summed E-state index contributed by atoms with van der Waals surface area (Å²) in [6, 6.07) is 11.1. The monoisotopic (exact) mass is 274 g/mol. The Bertz CT molecular complexity index is 650. The number of phenols is 1. The molecule has 1 atom stereocenters. The molecule has 1 aliphatic rings. The average molecular weight is 274 g/mol. The molecule has 2 N–H and O–H groups in total. The fraction of sp³-hybridized carbons (Fsp3) is 0.214. The second kappa shape index (κ2) is 4.35. The Morgan fingerprint density at radius 3 is 2.74 bits per heavy atom. The quantitative estimate of drug-likeness (QED) is 0.883. The fourth-order valence-electron chi connectivity index (χ4n) is 1.96. The summed E-state index contributed by atoms with van der Waals surface area (Å²) < 4.78 is 5.67. The number of hydrogen-bond donors (Lipinski definition) is 2. The summed E-state index contributed by atoms with van der Waals surface area (Å²) in [4.78, 5) is -0.439. The Labute approximate surface area is 115 Å². The van der Waals surface area contributed by atoms with Crippen LogP contribution < -0.4 is 5.43 Å². The molecule has 3 rings (SSSR count). The lowest BCUT2D eigenvalue weighted by Gasteiger charge is -2.19. The Kier molecular flexibility index (Phi) is 2.78. The van der Waals surface area contributed by atoms with Crippen molar-refractivity contribution in [3.63, 3.8) is 0 Å². The van der Waals surface area contributed by atoms with Gasteiger partial charge < -0.3 is 9.52 Å². The molecule has 4 nitrogen and oxygen atoms in total. The van der Waals surface area contributed by atoms with Crippen molar-refractivity contribution in [2.75, 3.05) is 0 Å². The molecule has 0 spiro atoms. The highest BCUT2D eigenvalue weighted by Crippen LogP contribution is 2.41. The van der Waals surface area contributed by atoms with Crippen LogP contribution in [0.3, 0.4) is 0 Å². The van der Waals surface area contributed by atoms with Crippen molar-refractivity contribution >= 4 is 16.8 Å². The number of hydrazone groups is 1. The van der Waals surface area contributed by atoms with Gasteiger partial charge in [-0.3, -0.25) is 5.43 Å². The lowest BCUT2D eigenvalue weighted by molar-refractivity contribution is 0.401. The van der Waals surface area contributed by atoms with Gasteiger partial charge in [0, 0.05) is 0 Å². The van der Waals surface area contributed by atoms with E-state index in [1.54, 1.807) is 12.1 Å². The summed E-state index contributed by atoms with van der Waals surface area (Å²) >= 11 is 1.53. The van der Waals surface area contributed by atoms with Crippen molar-refractivity contribution in [1.82, 2.24) is 5.43 Å². The zero-order valence-electron chi connectivity index (χ0n) is 10.7. The number of aryl methyl sites for hydroxylation is 1. The molecule has 1 aromatic heterocycles. The van der Waals surface area contributed by atoms with E-state index in [9.17, 15) is 5.11 Å². The maximum absolute atomic E-state index is 9.87. The molecule has 0 unspecified atom stereocenters. The van der Waals surface area contributed by atoms with Gasteiger partial charge in [-0.1, -0.05) is 23.9 Å². The lowest BCUT2D eigenvalue weighted by atomic mass is 10.2. The summed E-state index contributed by atoms with van der Waals surface area (Å²) in [5.41, 5.74) is 3.81. The number of nitrogens with zero attached hydrogens (tertiary/aromatic N) is 1. The van der Waals surface area contributed by atoms with Crippen molar-refractivity contribution in [3.8, 4) is 5.75 Å². The van der Waals surface area contributed by atoms with E-state index in [4.69, 9.17) is 4.42 Å². The largest absolute Gasteiger partial charge is 0.507 e. The van der Waals surface area contributed by atoms with Crippen LogP contribution in [-0.2, 0) is 4.87 Å². The molecule has 98 valence electrons. The summed E-state index contributed by atoms with van der Waals surface area (Å²) in [5.74, 6) is 1.93. The summed E-state index contributed by atoms with van der Waals surface area (Å²) in [6.45, 7) is 3.92. The molecule has 0 radical (unpaired) electrons. The number of benzene rings is 1. The highest BCUT2D eigenvalue weighted by atomic mass is 32.2. The van der Waals surface area contributed by atoms with E-state index in [0.717, 1.165) is 22.1 Å². The molecule has 19 heavy (non-hydrogen) atoms. The first kappa shape index (κ1) is 12.2. The lowest BCUT2D eigenvalue weighted by Crippen LogP contribution is -2.28. The molecule has 0 amide bonds. The molecule has 0 saturated carbocycles. The Morgan fingerprint density at radius 1 is 1.26 bits per heavy atom. The highest BCUT2D eigenvalue weighted by Gasteiger charge is 2.37. The van der Waals surface area contributed by atoms with E-state index in [0.29, 0.717) is 0 Å². The van der Waals surface area contributed by atoms with Gasteiger partial charge in [-0.15, -0.1) is 0 Å². The Balaban J connectivity index is 1.89. The van der Waals surface area contributed by atoms with Gasteiger partial charge in [0.05, 0.1) is 5.56 Å². The minimum Gasteiger partial charge on any atom is -0.507 e. The predicted octanol–water partition coefficient (Wildman–Crippen LogP) is 3.16. The minimum absolute atomic E-state index is 0.232. The summed E-state index contributed by atoms with van der Waals surface area (Å²) in [7, 11) is 0. The minimum atomic E-state index is -0.439. The SMILES string of the molecule is Cc1ccc([C@@]2(C)NN=C(c3ccccc3O)S2)o1. The van der Waals surface area contributed by atoms with Gasteiger partial charge in [0.25, 0.3) is 0 Å². The van der Waals surface area contributed by atoms with Gasteiger partial charge >= 0.3 is 0 Å². The van der Waals surface area contributed by atoms with Gasteiger partial charge in [0.2, 0.25) is 0 Å². The number of furan rings is 1. The maximum atomic E-state index is 9.87. The van der Waals surface area contributed by atoms with Crippen molar-refractivity contribution in [2.45, 2.75) is 18.7 Å². The average Bonchev–Trinajstić information content (AvgIpc) is 2.98. The molecular weight excluding hydrogens is 260 g/mol. The molecular formula is C14H14N2O2S.